The molecule has 2 amide bonds. The Balaban J connectivity index is 1.44. The minimum atomic E-state index is -2.85. The number of alkyl halides is 2. The monoisotopic (exact) mass is 392 g/mol. The van der Waals surface area contributed by atoms with Gasteiger partial charge in [-0.25, -0.2) is 0 Å². The number of anilines is 1. The maximum absolute atomic E-state index is 12.1. The van der Waals surface area contributed by atoms with Gasteiger partial charge in [-0.15, -0.1) is 11.8 Å². The van der Waals surface area contributed by atoms with Gasteiger partial charge >= 0.3 is 6.61 Å². The molecular formula is C19H18F2N2O3S. The lowest BCUT2D eigenvalue weighted by atomic mass is 10.1. The third kappa shape index (κ3) is 5.43. The maximum atomic E-state index is 12.1. The first-order chi connectivity index (χ1) is 13.0. The minimum absolute atomic E-state index is 0.0893. The predicted octanol–water partition coefficient (Wildman–Crippen LogP) is 3.45. The molecule has 1 atom stereocenters. The zero-order valence-corrected chi connectivity index (χ0v) is 15.1. The van der Waals surface area contributed by atoms with Crippen molar-refractivity contribution in [3.05, 3.63) is 54.1 Å². The van der Waals surface area contributed by atoms with Crippen LogP contribution in [-0.2, 0) is 16.0 Å². The molecule has 8 heteroatoms. The third-order valence-corrected chi connectivity index (χ3v) is 5.24. The highest BCUT2D eigenvalue weighted by molar-refractivity contribution is 8.01. The van der Waals surface area contributed by atoms with E-state index in [1.54, 1.807) is 12.1 Å². The molecule has 5 nitrogen and oxygen atoms in total. The van der Waals surface area contributed by atoms with Gasteiger partial charge in [0, 0.05) is 17.9 Å². The third-order valence-electron chi connectivity index (χ3n) is 3.96. The Labute approximate surface area is 159 Å². The summed E-state index contributed by atoms with van der Waals surface area (Å²) >= 11 is 1.38. The van der Waals surface area contributed by atoms with E-state index in [2.05, 4.69) is 15.4 Å². The Morgan fingerprint density at radius 1 is 1.19 bits per heavy atom. The topological polar surface area (TPSA) is 67.4 Å². The van der Waals surface area contributed by atoms with Crippen molar-refractivity contribution in [2.24, 2.45) is 0 Å². The number of carbonyl (C=O) groups excluding carboxylic acids is 2. The highest BCUT2D eigenvalue weighted by Crippen LogP contribution is 2.36. The van der Waals surface area contributed by atoms with Crippen LogP contribution in [0.1, 0.15) is 12.0 Å². The van der Waals surface area contributed by atoms with Crippen LogP contribution in [0.2, 0.25) is 0 Å². The molecule has 27 heavy (non-hydrogen) atoms. The van der Waals surface area contributed by atoms with E-state index in [4.69, 9.17) is 0 Å². The number of rotatable bonds is 7. The first kappa shape index (κ1) is 19.2. The highest BCUT2D eigenvalue weighted by atomic mass is 32.2. The lowest BCUT2D eigenvalue weighted by Gasteiger charge is -2.23. The summed E-state index contributed by atoms with van der Waals surface area (Å²) in [5, 5.41) is 5.13. The average molecular weight is 392 g/mol. The molecule has 0 saturated carbocycles. The fourth-order valence-electron chi connectivity index (χ4n) is 2.65. The van der Waals surface area contributed by atoms with Crippen LogP contribution < -0.4 is 15.4 Å². The Kier molecular flexibility index (Phi) is 6.28. The van der Waals surface area contributed by atoms with Crippen molar-refractivity contribution in [1.82, 2.24) is 5.32 Å². The van der Waals surface area contributed by atoms with Crippen molar-refractivity contribution >= 4 is 29.3 Å². The second-order valence-corrected chi connectivity index (χ2v) is 7.16. The van der Waals surface area contributed by atoms with Crippen molar-refractivity contribution in [3.8, 4) is 5.75 Å². The van der Waals surface area contributed by atoms with E-state index in [1.807, 2.05) is 24.3 Å². The number of benzene rings is 2. The quantitative estimate of drug-likeness (QED) is 0.757. The van der Waals surface area contributed by atoms with E-state index in [0.717, 1.165) is 16.1 Å². The summed E-state index contributed by atoms with van der Waals surface area (Å²) in [5.41, 5.74) is 1.65. The molecule has 0 aromatic heterocycles. The van der Waals surface area contributed by atoms with Gasteiger partial charge in [0.1, 0.15) is 5.75 Å². The Hall–Kier alpha value is -2.61. The van der Waals surface area contributed by atoms with Gasteiger partial charge < -0.3 is 15.4 Å². The predicted molar refractivity (Wildman–Crippen MR) is 99.1 cm³/mol. The minimum Gasteiger partial charge on any atom is -0.435 e. The summed E-state index contributed by atoms with van der Waals surface area (Å²) in [4.78, 5) is 25.2. The van der Waals surface area contributed by atoms with Crippen LogP contribution in [0.25, 0.3) is 0 Å². The van der Waals surface area contributed by atoms with Crippen molar-refractivity contribution in [2.45, 2.75) is 29.6 Å². The largest absolute Gasteiger partial charge is 0.435 e. The van der Waals surface area contributed by atoms with Gasteiger partial charge in [0.15, 0.2) is 0 Å². The molecule has 0 unspecified atom stereocenters. The first-order valence-corrected chi connectivity index (χ1v) is 9.26. The smallest absolute Gasteiger partial charge is 0.387 e. The van der Waals surface area contributed by atoms with E-state index in [-0.39, 0.29) is 24.0 Å². The zero-order chi connectivity index (χ0) is 19.2. The lowest BCUT2D eigenvalue weighted by molar-refractivity contribution is -0.124. The molecular weight excluding hydrogens is 374 g/mol. The Morgan fingerprint density at radius 2 is 1.93 bits per heavy atom. The van der Waals surface area contributed by atoms with E-state index in [1.165, 1.54) is 23.9 Å². The standard InChI is InChI=1S/C19H18F2N2O3S/c20-19(21)26-13-7-5-12(6-8-13)9-10-22-17(24)11-16-18(25)23-14-3-1-2-4-15(14)27-16/h1-8,16,19H,9-11H2,(H,22,24)(H,23,25)/t16-/m1/s1. The number of thioether (sulfide) groups is 1. The number of nitrogens with one attached hydrogen (secondary N) is 2. The van der Waals surface area contributed by atoms with Gasteiger partial charge in [0.05, 0.1) is 10.9 Å². The number of halogens is 2. The van der Waals surface area contributed by atoms with Gasteiger partial charge in [-0.2, -0.15) is 8.78 Å². The number of para-hydroxylation sites is 1. The van der Waals surface area contributed by atoms with Crippen LogP contribution in [-0.4, -0.2) is 30.2 Å². The van der Waals surface area contributed by atoms with Crippen LogP contribution in [0.5, 0.6) is 5.75 Å². The van der Waals surface area contributed by atoms with E-state index in [9.17, 15) is 18.4 Å². The lowest BCUT2D eigenvalue weighted by Crippen LogP contribution is -2.35. The van der Waals surface area contributed by atoms with Crippen molar-refractivity contribution in [3.63, 3.8) is 0 Å². The van der Waals surface area contributed by atoms with Crippen molar-refractivity contribution < 1.29 is 23.1 Å². The van der Waals surface area contributed by atoms with Gasteiger partial charge in [-0.05, 0) is 36.2 Å². The molecule has 142 valence electrons. The van der Waals surface area contributed by atoms with E-state index in [0.29, 0.717) is 13.0 Å². The summed E-state index contributed by atoms with van der Waals surface area (Å²) in [5.74, 6) is -0.290. The summed E-state index contributed by atoms with van der Waals surface area (Å²) in [6.07, 6.45) is 0.638. The molecule has 0 radical (unpaired) electrons. The highest BCUT2D eigenvalue weighted by Gasteiger charge is 2.28. The SMILES string of the molecule is O=C(C[C@H]1Sc2ccccc2NC1=O)NCCc1ccc(OC(F)F)cc1. The summed E-state index contributed by atoms with van der Waals surface area (Å²) < 4.78 is 28.5. The van der Waals surface area contributed by atoms with Gasteiger partial charge in [0.2, 0.25) is 11.8 Å². The van der Waals surface area contributed by atoms with Crippen molar-refractivity contribution in [1.29, 1.82) is 0 Å². The molecule has 2 aromatic rings. The molecule has 0 saturated heterocycles. The molecule has 0 fully saturated rings. The van der Waals surface area contributed by atoms with Crippen LogP contribution in [0.3, 0.4) is 0 Å². The van der Waals surface area contributed by atoms with Crippen LogP contribution in [0.4, 0.5) is 14.5 Å². The van der Waals surface area contributed by atoms with Gasteiger partial charge in [-0.3, -0.25) is 9.59 Å². The molecule has 2 N–H and O–H groups in total. The van der Waals surface area contributed by atoms with Crippen LogP contribution in [0, 0.1) is 0 Å². The van der Waals surface area contributed by atoms with Crippen LogP contribution >= 0.6 is 11.8 Å². The molecule has 0 bridgehead atoms. The molecule has 1 heterocycles. The number of fused-ring (bicyclic) bond motifs is 1. The number of hydrogen-bond acceptors (Lipinski definition) is 4. The molecule has 0 aliphatic carbocycles. The Bertz CT molecular complexity index is 815. The molecule has 3 rings (SSSR count). The van der Waals surface area contributed by atoms with Gasteiger partial charge in [0.25, 0.3) is 0 Å². The summed E-state index contributed by atoms with van der Waals surface area (Å²) in [6.45, 7) is -2.46. The number of hydrogen-bond donors (Lipinski definition) is 2. The van der Waals surface area contributed by atoms with Gasteiger partial charge in [-0.1, -0.05) is 24.3 Å². The summed E-state index contributed by atoms with van der Waals surface area (Å²) in [7, 11) is 0. The zero-order valence-electron chi connectivity index (χ0n) is 14.3. The molecule has 0 spiro atoms. The van der Waals surface area contributed by atoms with Crippen molar-refractivity contribution in [2.75, 3.05) is 11.9 Å². The number of amides is 2. The normalized spacial score (nSPS) is 15.8. The second-order valence-electron chi connectivity index (χ2n) is 5.92. The molecule has 1 aliphatic rings. The second kappa shape index (κ2) is 8.85. The van der Waals surface area contributed by atoms with E-state index >= 15 is 0 Å². The fourth-order valence-corrected chi connectivity index (χ4v) is 3.76. The Morgan fingerprint density at radius 3 is 2.67 bits per heavy atom. The molecule has 2 aromatic carbocycles. The number of ether oxygens (including phenoxy) is 1. The first-order valence-electron chi connectivity index (χ1n) is 8.38. The average Bonchev–Trinajstić information content (AvgIpc) is 2.63. The van der Waals surface area contributed by atoms with E-state index < -0.39 is 11.9 Å². The molecule has 1 aliphatic heterocycles. The fraction of sp³-hybridized carbons (Fsp3) is 0.263. The van der Waals surface area contributed by atoms with Crippen LogP contribution in [0.15, 0.2) is 53.4 Å². The maximum Gasteiger partial charge on any atom is 0.387 e. The number of carbonyl (C=O) groups is 2. The summed E-state index contributed by atoms with van der Waals surface area (Å²) in [6, 6.07) is 13.7.